The van der Waals surface area contributed by atoms with Crippen molar-refractivity contribution in [2.45, 2.75) is 25.7 Å². The lowest BCUT2D eigenvalue weighted by Crippen LogP contribution is -2.38. The normalized spacial score (nSPS) is 16.0. The van der Waals surface area contributed by atoms with Crippen LogP contribution >= 0.6 is 22.6 Å². The van der Waals surface area contributed by atoms with Gasteiger partial charge in [0.2, 0.25) is 0 Å². The third-order valence-electron chi connectivity index (χ3n) is 3.86. The van der Waals surface area contributed by atoms with E-state index in [1.807, 2.05) is 0 Å². The summed E-state index contributed by atoms with van der Waals surface area (Å²) in [5.41, 5.74) is 0.339. The fourth-order valence-electron chi connectivity index (χ4n) is 2.60. The summed E-state index contributed by atoms with van der Waals surface area (Å²) < 4.78 is 0.907. The van der Waals surface area contributed by atoms with Crippen molar-refractivity contribution < 1.29 is 19.8 Å². The fraction of sp³-hybridized carbons (Fsp3) is 0.467. The van der Waals surface area contributed by atoms with Gasteiger partial charge < -0.3 is 15.1 Å². The molecule has 1 saturated heterocycles. The molecule has 0 saturated carbocycles. The number of piperidine rings is 1. The number of hydrogen-bond donors (Lipinski definition) is 2. The van der Waals surface area contributed by atoms with Gasteiger partial charge in [0.25, 0.3) is 5.91 Å². The van der Waals surface area contributed by atoms with E-state index in [-0.39, 0.29) is 18.1 Å². The Labute approximate surface area is 137 Å². The summed E-state index contributed by atoms with van der Waals surface area (Å²) in [4.78, 5) is 24.7. The van der Waals surface area contributed by atoms with Crippen molar-refractivity contribution in [3.63, 3.8) is 0 Å². The number of phenols is 1. The number of rotatable bonds is 4. The molecule has 114 valence electrons. The van der Waals surface area contributed by atoms with Gasteiger partial charge >= 0.3 is 5.97 Å². The minimum atomic E-state index is -0.766. The Balaban J connectivity index is 1.94. The summed E-state index contributed by atoms with van der Waals surface area (Å²) in [5.74, 6) is -0.539. The van der Waals surface area contributed by atoms with Crippen molar-refractivity contribution in [2.75, 3.05) is 13.1 Å². The number of carboxylic acid groups (broad SMARTS) is 1. The number of phenolic OH excluding ortho intramolecular Hbond substituents is 1. The number of benzene rings is 1. The van der Waals surface area contributed by atoms with E-state index < -0.39 is 5.97 Å². The van der Waals surface area contributed by atoms with Crippen LogP contribution < -0.4 is 0 Å². The molecule has 2 N–H and O–H groups in total. The molecule has 1 aliphatic rings. The van der Waals surface area contributed by atoms with Crippen LogP contribution in [-0.2, 0) is 4.79 Å². The molecular weight excluding hydrogens is 385 g/mol. The largest absolute Gasteiger partial charge is 0.507 e. The number of carbonyl (C=O) groups excluding carboxylic acids is 1. The predicted molar refractivity (Wildman–Crippen MR) is 86.3 cm³/mol. The van der Waals surface area contributed by atoms with Crippen LogP contribution in [0.1, 0.15) is 36.0 Å². The monoisotopic (exact) mass is 403 g/mol. The van der Waals surface area contributed by atoms with Gasteiger partial charge in [-0.15, -0.1) is 0 Å². The molecule has 1 aromatic carbocycles. The molecule has 1 amide bonds. The van der Waals surface area contributed by atoms with Gasteiger partial charge in [-0.1, -0.05) is 0 Å². The van der Waals surface area contributed by atoms with Crippen LogP contribution in [0.15, 0.2) is 18.2 Å². The van der Waals surface area contributed by atoms with Crippen LogP contribution in [0, 0.1) is 9.49 Å². The van der Waals surface area contributed by atoms with Gasteiger partial charge in [0.05, 0.1) is 5.56 Å². The maximum absolute atomic E-state index is 12.4. The highest BCUT2D eigenvalue weighted by Gasteiger charge is 2.25. The molecule has 0 aliphatic carbocycles. The molecule has 1 aliphatic heterocycles. The first-order valence-corrected chi connectivity index (χ1v) is 8.05. The SMILES string of the molecule is O=C(O)CCC1CCN(C(=O)c2cc(I)ccc2O)CC1. The van der Waals surface area contributed by atoms with Crippen LogP contribution in [0.3, 0.4) is 0 Å². The first-order valence-electron chi connectivity index (χ1n) is 6.97. The molecule has 1 aromatic rings. The molecule has 0 bridgehead atoms. The van der Waals surface area contributed by atoms with E-state index in [1.54, 1.807) is 17.0 Å². The summed E-state index contributed by atoms with van der Waals surface area (Å²) in [6.45, 7) is 1.24. The molecule has 1 fully saturated rings. The molecular formula is C15H18INO4. The van der Waals surface area contributed by atoms with E-state index in [1.165, 1.54) is 6.07 Å². The van der Waals surface area contributed by atoms with Crippen molar-refractivity contribution in [3.8, 4) is 5.75 Å². The van der Waals surface area contributed by atoms with E-state index in [0.717, 1.165) is 16.4 Å². The fourth-order valence-corrected chi connectivity index (χ4v) is 3.09. The molecule has 5 nitrogen and oxygen atoms in total. The van der Waals surface area contributed by atoms with Crippen molar-refractivity contribution in [3.05, 3.63) is 27.3 Å². The Morgan fingerprint density at radius 1 is 1.29 bits per heavy atom. The second-order valence-corrected chi connectivity index (χ2v) is 6.58. The highest BCUT2D eigenvalue weighted by molar-refractivity contribution is 14.1. The lowest BCUT2D eigenvalue weighted by Gasteiger charge is -2.32. The standard InChI is InChI=1S/C15H18INO4/c16-11-2-3-13(18)12(9-11)15(21)17-7-5-10(6-8-17)1-4-14(19)20/h2-3,9-10,18H,1,4-8H2,(H,19,20). The Bertz CT molecular complexity index is 538. The van der Waals surface area contributed by atoms with Crippen LogP contribution in [-0.4, -0.2) is 40.1 Å². The zero-order valence-corrected chi connectivity index (χ0v) is 13.7. The summed E-state index contributed by atoms with van der Waals surface area (Å²) in [6, 6.07) is 4.98. The van der Waals surface area contributed by atoms with Gasteiger partial charge in [-0.2, -0.15) is 0 Å². The zero-order valence-electron chi connectivity index (χ0n) is 11.6. The van der Waals surface area contributed by atoms with E-state index in [9.17, 15) is 14.7 Å². The topological polar surface area (TPSA) is 77.8 Å². The number of halogens is 1. The molecule has 6 heteroatoms. The lowest BCUT2D eigenvalue weighted by molar-refractivity contribution is -0.137. The Morgan fingerprint density at radius 2 is 1.95 bits per heavy atom. The van der Waals surface area contributed by atoms with Gasteiger partial charge in [0.15, 0.2) is 0 Å². The summed E-state index contributed by atoms with van der Waals surface area (Å²) in [7, 11) is 0. The number of nitrogens with zero attached hydrogens (tertiary/aromatic N) is 1. The molecule has 0 spiro atoms. The molecule has 2 rings (SSSR count). The van der Waals surface area contributed by atoms with Gasteiger partial charge in [-0.3, -0.25) is 9.59 Å². The highest BCUT2D eigenvalue weighted by Crippen LogP contribution is 2.26. The Kier molecular flexibility index (Phi) is 5.44. The third-order valence-corrected chi connectivity index (χ3v) is 4.53. The number of carbonyl (C=O) groups is 2. The van der Waals surface area contributed by atoms with Crippen molar-refractivity contribution in [1.29, 1.82) is 0 Å². The highest BCUT2D eigenvalue weighted by atomic mass is 127. The number of hydrogen-bond acceptors (Lipinski definition) is 3. The first kappa shape index (κ1) is 16.1. The van der Waals surface area contributed by atoms with E-state index in [2.05, 4.69) is 22.6 Å². The summed E-state index contributed by atoms with van der Waals surface area (Å²) >= 11 is 2.11. The number of amides is 1. The predicted octanol–water partition coefficient (Wildman–Crippen LogP) is 2.71. The molecule has 0 atom stereocenters. The Morgan fingerprint density at radius 3 is 2.57 bits per heavy atom. The lowest BCUT2D eigenvalue weighted by atomic mass is 9.92. The Hall–Kier alpha value is -1.31. The second kappa shape index (κ2) is 7.11. The molecule has 0 unspecified atom stereocenters. The number of likely N-dealkylation sites (tertiary alicyclic amines) is 1. The van der Waals surface area contributed by atoms with Crippen molar-refractivity contribution >= 4 is 34.5 Å². The summed E-state index contributed by atoms with van der Waals surface area (Å²) in [5, 5.41) is 18.5. The zero-order chi connectivity index (χ0) is 15.4. The van der Waals surface area contributed by atoms with Gasteiger partial charge in [0, 0.05) is 23.1 Å². The van der Waals surface area contributed by atoms with E-state index >= 15 is 0 Å². The minimum absolute atomic E-state index is 0.00779. The van der Waals surface area contributed by atoms with E-state index in [0.29, 0.717) is 31.0 Å². The van der Waals surface area contributed by atoms with Crippen LogP contribution in [0.5, 0.6) is 5.75 Å². The average Bonchev–Trinajstić information content (AvgIpc) is 2.47. The molecule has 0 radical (unpaired) electrons. The van der Waals surface area contributed by atoms with Crippen LogP contribution in [0.2, 0.25) is 0 Å². The van der Waals surface area contributed by atoms with Gasteiger partial charge in [-0.25, -0.2) is 0 Å². The van der Waals surface area contributed by atoms with E-state index in [4.69, 9.17) is 5.11 Å². The maximum Gasteiger partial charge on any atom is 0.303 e. The molecule has 0 aromatic heterocycles. The van der Waals surface area contributed by atoms with Gasteiger partial charge in [-0.05, 0) is 66.0 Å². The smallest absolute Gasteiger partial charge is 0.303 e. The van der Waals surface area contributed by atoms with Crippen LogP contribution in [0.4, 0.5) is 0 Å². The third kappa shape index (κ3) is 4.33. The van der Waals surface area contributed by atoms with Crippen molar-refractivity contribution in [2.24, 2.45) is 5.92 Å². The summed E-state index contributed by atoms with van der Waals surface area (Å²) in [6.07, 6.45) is 2.51. The maximum atomic E-state index is 12.4. The number of carboxylic acids is 1. The van der Waals surface area contributed by atoms with Gasteiger partial charge in [0.1, 0.15) is 5.75 Å². The molecule has 21 heavy (non-hydrogen) atoms. The number of aliphatic carboxylic acids is 1. The second-order valence-electron chi connectivity index (χ2n) is 5.33. The molecule has 1 heterocycles. The quantitative estimate of drug-likeness (QED) is 0.758. The first-order chi connectivity index (χ1) is 9.97. The van der Waals surface area contributed by atoms with Crippen LogP contribution in [0.25, 0.3) is 0 Å². The number of aromatic hydroxyl groups is 1. The average molecular weight is 403 g/mol. The van der Waals surface area contributed by atoms with Crippen molar-refractivity contribution in [1.82, 2.24) is 4.90 Å². The minimum Gasteiger partial charge on any atom is -0.507 e.